The fraction of sp³-hybridized carbons (Fsp3) is 0.188. The van der Waals surface area contributed by atoms with Crippen LogP contribution in [0.1, 0.15) is 36.1 Å². The molecule has 0 saturated heterocycles. The molecule has 0 bridgehead atoms. The average molecular weight is 621 g/mol. The van der Waals surface area contributed by atoms with Crippen LogP contribution < -0.4 is 20.5 Å². The van der Waals surface area contributed by atoms with Crippen molar-refractivity contribution in [1.29, 1.82) is 5.26 Å². The van der Waals surface area contributed by atoms with E-state index in [9.17, 15) is 10.1 Å². The number of hydrogen-bond donors (Lipinski definition) is 2. The van der Waals surface area contributed by atoms with E-state index in [2.05, 4.69) is 58.2 Å². The molecule has 0 atom stereocenters. The zero-order valence-electron chi connectivity index (χ0n) is 22.4. The van der Waals surface area contributed by atoms with Crippen molar-refractivity contribution in [1.82, 2.24) is 5.32 Å². The molecule has 0 heterocycles. The smallest absolute Gasteiger partial charge is 0.214 e. The van der Waals surface area contributed by atoms with Crippen LogP contribution in [0.25, 0.3) is 11.1 Å². The lowest BCUT2D eigenvalue weighted by molar-refractivity contribution is -0.115. The molecule has 0 radical (unpaired) electrons. The molecule has 6 nitrogen and oxygen atoms in total. The summed E-state index contributed by atoms with van der Waals surface area (Å²) in [5, 5.41) is 13.0. The molecule has 0 aliphatic carbocycles. The fourth-order valence-corrected chi connectivity index (χ4v) is 4.65. The van der Waals surface area contributed by atoms with Crippen LogP contribution in [0, 0.1) is 11.3 Å². The molecular formula is C32H31BrClN3O3. The first-order chi connectivity index (χ1) is 19.3. The van der Waals surface area contributed by atoms with Crippen LogP contribution in [-0.4, -0.2) is 12.5 Å². The van der Waals surface area contributed by atoms with Gasteiger partial charge in [-0.2, -0.15) is 5.26 Å². The van der Waals surface area contributed by atoms with Crippen molar-refractivity contribution in [2.24, 2.45) is 5.73 Å². The Labute approximate surface area is 248 Å². The predicted molar refractivity (Wildman–Crippen MR) is 163 cm³/mol. The van der Waals surface area contributed by atoms with Gasteiger partial charge in [0, 0.05) is 35.1 Å². The molecule has 206 valence electrons. The summed E-state index contributed by atoms with van der Waals surface area (Å²) in [5.74, 6) is 0.907. The fourth-order valence-electron chi connectivity index (χ4n) is 3.80. The molecule has 0 unspecified atom stereocenters. The number of hydrogen-bond acceptors (Lipinski definition) is 5. The monoisotopic (exact) mass is 619 g/mol. The van der Waals surface area contributed by atoms with Gasteiger partial charge in [-0.15, -0.1) is 0 Å². The van der Waals surface area contributed by atoms with Crippen molar-refractivity contribution in [2.75, 3.05) is 6.54 Å². The number of carbonyl (C=O) groups excluding carboxylic acids is 1. The standard InChI is InChI=1S/C30H26BrClN2O2.C2H5NO/c1-2-34-18-25-15-27(32)29(16-28(25)35-19-22-9-6-8-21(14-22)17-33)36-20-24-12-7-13-26(30(24)31)23-10-4-3-5-11-23;1-2(3)4/h3-16,34H,2,18-20H2,1H3;1H3,(H2,3,4). The zero-order chi connectivity index (χ0) is 28.9. The SMILES string of the molecule is CC(N)=O.CCNCc1cc(Cl)c(OCc2cccc(-c3ccccc3)c2Br)cc1OCc1cccc(C#N)c1. The number of amides is 1. The van der Waals surface area contributed by atoms with Crippen LogP contribution in [0.2, 0.25) is 5.02 Å². The van der Waals surface area contributed by atoms with Gasteiger partial charge < -0.3 is 20.5 Å². The molecule has 4 rings (SSSR count). The van der Waals surface area contributed by atoms with Gasteiger partial charge in [0.05, 0.1) is 16.7 Å². The molecule has 0 aliphatic rings. The van der Waals surface area contributed by atoms with Gasteiger partial charge in [-0.3, -0.25) is 4.79 Å². The molecule has 1 amide bonds. The Hall–Kier alpha value is -3.83. The predicted octanol–water partition coefficient (Wildman–Crippen LogP) is 7.40. The van der Waals surface area contributed by atoms with Crippen LogP contribution in [0.3, 0.4) is 0 Å². The number of nitrogens with two attached hydrogens (primary N) is 1. The van der Waals surface area contributed by atoms with E-state index in [0.29, 0.717) is 41.8 Å². The van der Waals surface area contributed by atoms with Crippen LogP contribution in [0.5, 0.6) is 11.5 Å². The minimum atomic E-state index is -0.333. The van der Waals surface area contributed by atoms with E-state index < -0.39 is 0 Å². The Morgan fingerprint density at radius 2 is 1.65 bits per heavy atom. The number of carbonyl (C=O) groups is 1. The normalized spacial score (nSPS) is 10.2. The van der Waals surface area contributed by atoms with Gasteiger partial charge in [-0.1, -0.05) is 79.2 Å². The van der Waals surface area contributed by atoms with E-state index in [1.807, 2.05) is 60.7 Å². The van der Waals surface area contributed by atoms with Gasteiger partial charge in [-0.05, 0) is 57.4 Å². The summed E-state index contributed by atoms with van der Waals surface area (Å²) >= 11 is 10.4. The molecule has 4 aromatic rings. The number of halogens is 2. The number of benzene rings is 4. The van der Waals surface area contributed by atoms with Gasteiger partial charge in [0.15, 0.2) is 0 Å². The van der Waals surface area contributed by atoms with Crippen molar-refractivity contribution >= 4 is 33.4 Å². The minimum absolute atomic E-state index is 0.333. The molecule has 0 aromatic heterocycles. The number of ether oxygens (including phenoxy) is 2. The highest BCUT2D eigenvalue weighted by Crippen LogP contribution is 2.36. The van der Waals surface area contributed by atoms with Gasteiger partial charge in [0.2, 0.25) is 5.91 Å². The van der Waals surface area contributed by atoms with E-state index in [1.54, 1.807) is 6.07 Å². The third kappa shape index (κ3) is 9.13. The molecule has 0 fully saturated rings. The maximum atomic E-state index is 9.22. The zero-order valence-corrected chi connectivity index (χ0v) is 24.8. The Balaban J connectivity index is 0.00000103. The third-order valence-electron chi connectivity index (χ3n) is 5.68. The van der Waals surface area contributed by atoms with Crippen molar-refractivity contribution in [2.45, 2.75) is 33.6 Å². The van der Waals surface area contributed by atoms with Crippen LogP contribution in [0.4, 0.5) is 0 Å². The lowest BCUT2D eigenvalue weighted by atomic mass is 10.0. The molecule has 0 saturated carbocycles. The molecule has 0 aliphatic heterocycles. The van der Waals surface area contributed by atoms with E-state index in [-0.39, 0.29) is 5.91 Å². The van der Waals surface area contributed by atoms with Crippen molar-refractivity contribution in [3.8, 4) is 28.7 Å². The second kappa shape index (κ2) is 15.7. The quantitative estimate of drug-likeness (QED) is 0.193. The minimum Gasteiger partial charge on any atom is -0.488 e. The summed E-state index contributed by atoms with van der Waals surface area (Å²) in [4.78, 5) is 9.22. The molecule has 4 aromatic carbocycles. The lowest BCUT2D eigenvalue weighted by Crippen LogP contribution is -2.13. The molecule has 40 heavy (non-hydrogen) atoms. The summed E-state index contributed by atoms with van der Waals surface area (Å²) in [6, 6.07) is 29.7. The molecular weight excluding hydrogens is 590 g/mol. The number of rotatable bonds is 10. The van der Waals surface area contributed by atoms with Gasteiger partial charge >= 0.3 is 0 Å². The van der Waals surface area contributed by atoms with E-state index in [0.717, 1.165) is 38.8 Å². The average Bonchev–Trinajstić information content (AvgIpc) is 2.95. The highest BCUT2D eigenvalue weighted by Gasteiger charge is 2.14. The maximum absolute atomic E-state index is 9.22. The van der Waals surface area contributed by atoms with Crippen molar-refractivity contribution < 1.29 is 14.3 Å². The summed E-state index contributed by atoms with van der Waals surface area (Å²) in [6.45, 7) is 5.48. The first-order valence-electron chi connectivity index (χ1n) is 12.7. The van der Waals surface area contributed by atoms with Gasteiger partial charge in [-0.25, -0.2) is 0 Å². The van der Waals surface area contributed by atoms with Crippen molar-refractivity contribution in [3.05, 3.63) is 117 Å². The van der Waals surface area contributed by atoms with E-state index in [4.69, 9.17) is 21.1 Å². The Kier molecular flexibility index (Phi) is 12.0. The Bertz CT molecular complexity index is 1470. The Morgan fingerprint density at radius 3 is 2.35 bits per heavy atom. The van der Waals surface area contributed by atoms with Gasteiger partial charge in [0.1, 0.15) is 24.7 Å². The van der Waals surface area contributed by atoms with Crippen LogP contribution >= 0.6 is 27.5 Å². The second-order valence-electron chi connectivity index (χ2n) is 8.82. The molecule has 8 heteroatoms. The highest BCUT2D eigenvalue weighted by atomic mass is 79.9. The summed E-state index contributed by atoms with van der Waals surface area (Å²) in [6.07, 6.45) is 0. The second-order valence-corrected chi connectivity index (χ2v) is 10.0. The lowest BCUT2D eigenvalue weighted by Gasteiger charge is -2.17. The Morgan fingerprint density at radius 1 is 0.950 bits per heavy atom. The first kappa shape index (κ1) is 30.7. The largest absolute Gasteiger partial charge is 0.488 e. The van der Waals surface area contributed by atoms with E-state index >= 15 is 0 Å². The summed E-state index contributed by atoms with van der Waals surface area (Å²) in [5.41, 5.74) is 10.2. The number of nitrogens with one attached hydrogen (secondary N) is 1. The molecule has 0 spiro atoms. The highest BCUT2D eigenvalue weighted by molar-refractivity contribution is 9.10. The number of primary amides is 1. The first-order valence-corrected chi connectivity index (χ1v) is 13.9. The third-order valence-corrected chi connectivity index (χ3v) is 6.91. The van der Waals surface area contributed by atoms with Crippen LogP contribution in [-0.2, 0) is 24.6 Å². The topological polar surface area (TPSA) is 97.4 Å². The van der Waals surface area contributed by atoms with Crippen molar-refractivity contribution in [3.63, 3.8) is 0 Å². The molecule has 3 N–H and O–H groups in total. The number of nitriles is 1. The number of nitrogens with zero attached hydrogens (tertiary/aromatic N) is 1. The van der Waals surface area contributed by atoms with E-state index in [1.165, 1.54) is 6.92 Å². The maximum Gasteiger partial charge on any atom is 0.214 e. The van der Waals surface area contributed by atoms with Gasteiger partial charge in [0.25, 0.3) is 0 Å². The van der Waals surface area contributed by atoms with Crippen LogP contribution in [0.15, 0.2) is 89.4 Å². The summed E-state index contributed by atoms with van der Waals surface area (Å²) < 4.78 is 13.3. The summed E-state index contributed by atoms with van der Waals surface area (Å²) in [7, 11) is 0.